The molecule has 2 rings (SSSR count). The maximum Gasteiger partial charge on any atom is 0.234 e. The van der Waals surface area contributed by atoms with E-state index in [1.54, 1.807) is 0 Å². The molecule has 0 aromatic heterocycles. The Hall–Kier alpha value is -1.39. The van der Waals surface area contributed by atoms with Gasteiger partial charge in [-0.2, -0.15) is 0 Å². The van der Waals surface area contributed by atoms with Gasteiger partial charge >= 0.3 is 0 Å². The fourth-order valence-electron chi connectivity index (χ4n) is 2.66. The Balaban J connectivity index is 1.73. The highest BCUT2D eigenvalue weighted by Gasteiger charge is 2.24. The Bertz CT molecular complexity index is 476. The number of amides is 1. The molecular formula is C17H26N2O2. The third-order valence-corrected chi connectivity index (χ3v) is 4.06. The van der Waals surface area contributed by atoms with Crippen molar-refractivity contribution in [1.82, 2.24) is 10.2 Å². The number of benzene rings is 1. The molecular weight excluding hydrogens is 264 g/mol. The molecule has 4 heteroatoms. The number of hydrogen-bond acceptors (Lipinski definition) is 3. The van der Waals surface area contributed by atoms with Crippen LogP contribution in [0.15, 0.2) is 24.3 Å². The minimum Gasteiger partial charge on any atom is -0.376 e. The minimum absolute atomic E-state index is 0.101. The van der Waals surface area contributed by atoms with Gasteiger partial charge in [-0.15, -0.1) is 0 Å². The molecule has 1 aromatic rings. The Morgan fingerprint density at radius 1 is 1.38 bits per heavy atom. The standard InChI is InChI=1S/C17H26N2O2/c1-13-6-4-5-7-16(13)8-9-18-17(20)11-19-10-15(3)21-12-14(19)2/h4-7,14-15H,8-12H2,1-3H3,(H,18,20). The van der Waals surface area contributed by atoms with E-state index >= 15 is 0 Å². The zero-order valence-corrected chi connectivity index (χ0v) is 13.3. The van der Waals surface area contributed by atoms with Gasteiger partial charge in [0, 0.05) is 19.1 Å². The lowest BCUT2D eigenvalue weighted by atomic mass is 10.1. The van der Waals surface area contributed by atoms with Crippen LogP contribution < -0.4 is 5.32 Å². The predicted octanol–water partition coefficient (Wildman–Crippen LogP) is 1.76. The van der Waals surface area contributed by atoms with Gasteiger partial charge in [-0.25, -0.2) is 0 Å². The lowest BCUT2D eigenvalue weighted by Gasteiger charge is -2.36. The number of ether oxygens (including phenoxy) is 1. The molecule has 2 atom stereocenters. The molecule has 2 unspecified atom stereocenters. The Morgan fingerprint density at radius 2 is 2.14 bits per heavy atom. The summed E-state index contributed by atoms with van der Waals surface area (Å²) in [5, 5.41) is 3.02. The number of carbonyl (C=O) groups excluding carboxylic acids is 1. The van der Waals surface area contributed by atoms with Crippen molar-refractivity contribution in [2.24, 2.45) is 0 Å². The van der Waals surface area contributed by atoms with Crippen LogP contribution in [0.3, 0.4) is 0 Å². The number of hydrogen-bond donors (Lipinski definition) is 1. The SMILES string of the molecule is Cc1ccccc1CCNC(=O)CN1CC(C)OCC1C. The Morgan fingerprint density at radius 3 is 2.90 bits per heavy atom. The van der Waals surface area contributed by atoms with Crippen LogP contribution in [0.25, 0.3) is 0 Å². The number of carbonyl (C=O) groups is 1. The highest BCUT2D eigenvalue weighted by Crippen LogP contribution is 2.10. The molecule has 1 aliphatic heterocycles. The second-order valence-corrected chi connectivity index (χ2v) is 5.95. The number of rotatable bonds is 5. The molecule has 1 fully saturated rings. The summed E-state index contributed by atoms with van der Waals surface area (Å²) >= 11 is 0. The highest BCUT2D eigenvalue weighted by atomic mass is 16.5. The summed E-state index contributed by atoms with van der Waals surface area (Å²) < 4.78 is 5.58. The molecule has 1 aromatic carbocycles. The largest absolute Gasteiger partial charge is 0.376 e. The van der Waals surface area contributed by atoms with E-state index in [4.69, 9.17) is 4.74 Å². The van der Waals surface area contributed by atoms with Crippen LogP contribution in [0, 0.1) is 6.92 Å². The van der Waals surface area contributed by atoms with Gasteiger partial charge in [0.05, 0.1) is 19.3 Å². The summed E-state index contributed by atoms with van der Waals surface area (Å²) in [7, 11) is 0. The molecule has 1 saturated heterocycles. The van der Waals surface area contributed by atoms with Gasteiger partial charge in [-0.3, -0.25) is 9.69 Å². The summed E-state index contributed by atoms with van der Waals surface area (Å²) in [4.78, 5) is 14.2. The maximum atomic E-state index is 12.0. The van der Waals surface area contributed by atoms with Crippen LogP contribution in [-0.2, 0) is 16.0 Å². The van der Waals surface area contributed by atoms with Crippen molar-refractivity contribution < 1.29 is 9.53 Å². The topological polar surface area (TPSA) is 41.6 Å². The molecule has 21 heavy (non-hydrogen) atoms. The third kappa shape index (κ3) is 4.83. The van der Waals surface area contributed by atoms with Gasteiger partial charge in [-0.1, -0.05) is 24.3 Å². The molecule has 4 nitrogen and oxygen atoms in total. The molecule has 1 N–H and O–H groups in total. The fraction of sp³-hybridized carbons (Fsp3) is 0.588. The predicted molar refractivity (Wildman–Crippen MR) is 84.3 cm³/mol. The van der Waals surface area contributed by atoms with Crippen molar-refractivity contribution in [2.75, 3.05) is 26.2 Å². The lowest BCUT2D eigenvalue weighted by Crippen LogP contribution is -2.51. The monoisotopic (exact) mass is 290 g/mol. The highest BCUT2D eigenvalue weighted by molar-refractivity contribution is 5.78. The van der Waals surface area contributed by atoms with Crippen LogP contribution in [0.1, 0.15) is 25.0 Å². The molecule has 0 spiro atoms. The quantitative estimate of drug-likeness (QED) is 0.898. The number of aryl methyl sites for hydroxylation is 1. The number of nitrogens with zero attached hydrogens (tertiary/aromatic N) is 1. The van der Waals surface area contributed by atoms with Gasteiger partial charge in [0.1, 0.15) is 0 Å². The normalized spacial score (nSPS) is 23.0. The van der Waals surface area contributed by atoms with Crippen molar-refractivity contribution in [3.05, 3.63) is 35.4 Å². The third-order valence-electron chi connectivity index (χ3n) is 4.06. The average molecular weight is 290 g/mol. The van der Waals surface area contributed by atoms with E-state index in [-0.39, 0.29) is 12.0 Å². The smallest absolute Gasteiger partial charge is 0.234 e. The minimum atomic E-state index is 0.101. The first-order chi connectivity index (χ1) is 10.1. The number of nitrogens with one attached hydrogen (secondary N) is 1. The summed E-state index contributed by atoms with van der Waals surface area (Å²) in [6.45, 7) is 8.94. The van der Waals surface area contributed by atoms with Crippen molar-refractivity contribution in [3.63, 3.8) is 0 Å². The summed E-state index contributed by atoms with van der Waals surface area (Å²) in [6, 6.07) is 8.61. The first-order valence-electron chi connectivity index (χ1n) is 7.73. The van der Waals surface area contributed by atoms with E-state index in [1.807, 2.05) is 12.1 Å². The zero-order valence-electron chi connectivity index (χ0n) is 13.3. The van der Waals surface area contributed by atoms with Crippen LogP contribution in [-0.4, -0.2) is 49.2 Å². The molecule has 0 aliphatic carbocycles. The van der Waals surface area contributed by atoms with Gasteiger partial charge in [0.15, 0.2) is 0 Å². The zero-order chi connectivity index (χ0) is 15.2. The summed E-state index contributed by atoms with van der Waals surface area (Å²) in [5.41, 5.74) is 2.58. The molecule has 116 valence electrons. The van der Waals surface area contributed by atoms with Crippen molar-refractivity contribution in [1.29, 1.82) is 0 Å². The molecule has 1 amide bonds. The van der Waals surface area contributed by atoms with E-state index in [9.17, 15) is 4.79 Å². The van der Waals surface area contributed by atoms with E-state index in [0.717, 1.165) is 13.0 Å². The molecule has 0 radical (unpaired) electrons. The lowest BCUT2D eigenvalue weighted by molar-refractivity contribution is -0.125. The van der Waals surface area contributed by atoms with Crippen LogP contribution in [0.5, 0.6) is 0 Å². The molecule has 0 saturated carbocycles. The second-order valence-electron chi connectivity index (χ2n) is 5.95. The Kier molecular flexibility index (Phi) is 5.76. The molecule has 0 bridgehead atoms. The maximum absolute atomic E-state index is 12.0. The molecule has 1 heterocycles. The first kappa shape index (κ1) is 16.0. The van der Waals surface area contributed by atoms with Gasteiger partial charge in [-0.05, 0) is 38.3 Å². The van der Waals surface area contributed by atoms with Crippen molar-refractivity contribution in [3.8, 4) is 0 Å². The van der Waals surface area contributed by atoms with Crippen molar-refractivity contribution >= 4 is 5.91 Å². The van der Waals surface area contributed by atoms with Crippen LogP contribution >= 0.6 is 0 Å². The van der Waals surface area contributed by atoms with E-state index in [2.05, 4.69) is 43.1 Å². The second kappa shape index (κ2) is 7.57. The fourth-order valence-corrected chi connectivity index (χ4v) is 2.66. The van der Waals surface area contributed by atoms with Crippen LogP contribution in [0.2, 0.25) is 0 Å². The van der Waals surface area contributed by atoms with E-state index in [1.165, 1.54) is 11.1 Å². The number of morpholine rings is 1. The van der Waals surface area contributed by atoms with Crippen molar-refractivity contribution in [2.45, 2.75) is 39.3 Å². The average Bonchev–Trinajstić information content (AvgIpc) is 2.45. The van der Waals surface area contributed by atoms with Gasteiger partial charge < -0.3 is 10.1 Å². The Labute approximate surface area is 127 Å². The van der Waals surface area contributed by atoms with Gasteiger partial charge in [0.2, 0.25) is 5.91 Å². The summed E-state index contributed by atoms with van der Waals surface area (Å²) in [6.07, 6.45) is 1.09. The van der Waals surface area contributed by atoms with Crippen LogP contribution in [0.4, 0.5) is 0 Å². The summed E-state index contributed by atoms with van der Waals surface area (Å²) in [5.74, 6) is 0.101. The van der Waals surface area contributed by atoms with E-state index in [0.29, 0.717) is 25.7 Å². The molecule has 1 aliphatic rings. The van der Waals surface area contributed by atoms with Gasteiger partial charge in [0.25, 0.3) is 0 Å². The van der Waals surface area contributed by atoms with E-state index < -0.39 is 0 Å². The first-order valence-corrected chi connectivity index (χ1v) is 7.73.